The highest BCUT2D eigenvalue weighted by Gasteiger charge is 2.06. The minimum Gasteiger partial charge on any atom is -0.323 e. The first-order valence-corrected chi connectivity index (χ1v) is 6.63. The molecule has 0 fully saturated rings. The Labute approximate surface area is 123 Å². The zero-order valence-electron chi connectivity index (χ0n) is 11.8. The normalized spacial score (nSPS) is 10.6. The summed E-state index contributed by atoms with van der Waals surface area (Å²) in [6, 6.07) is 15.8. The van der Waals surface area contributed by atoms with Crippen LogP contribution in [0.1, 0.15) is 11.1 Å². The van der Waals surface area contributed by atoms with Crippen LogP contribution in [-0.4, -0.2) is 18.0 Å². The lowest BCUT2D eigenvalue weighted by Gasteiger charge is -2.16. The van der Waals surface area contributed by atoms with E-state index >= 15 is 0 Å². The van der Waals surface area contributed by atoms with Crippen molar-refractivity contribution in [2.24, 2.45) is 0 Å². The molecule has 0 heterocycles. The molecule has 0 saturated carbocycles. The third-order valence-electron chi connectivity index (χ3n) is 2.98. The molecule has 2 aromatic carbocycles. The van der Waals surface area contributed by atoms with Gasteiger partial charge >= 0.3 is 6.03 Å². The Bertz CT molecular complexity index is 626. The molecule has 0 aliphatic carbocycles. The zero-order chi connectivity index (χ0) is 15.1. The second-order valence-electron chi connectivity index (χ2n) is 4.65. The van der Waals surface area contributed by atoms with Crippen LogP contribution in [0.15, 0.2) is 60.8 Å². The second-order valence-corrected chi connectivity index (χ2v) is 4.65. The Balaban J connectivity index is 1.88. The first-order chi connectivity index (χ1) is 10.2. The highest BCUT2D eigenvalue weighted by atomic mass is 19.1. The van der Waals surface area contributed by atoms with Gasteiger partial charge in [-0.25, -0.2) is 9.18 Å². The van der Waals surface area contributed by atoms with Gasteiger partial charge < -0.3 is 10.2 Å². The molecule has 0 saturated heterocycles. The van der Waals surface area contributed by atoms with Crippen molar-refractivity contribution in [2.75, 3.05) is 7.05 Å². The molecule has 0 aliphatic heterocycles. The van der Waals surface area contributed by atoms with E-state index in [1.165, 1.54) is 18.3 Å². The van der Waals surface area contributed by atoms with Crippen molar-refractivity contribution in [1.29, 1.82) is 0 Å². The number of nitrogens with one attached hydrogen (secondary N) is 1. The maximum Gasteiger partial charge on any atom is 0.321 e. The number of urea groups is 1. The number of amides is 2. The molecule has 1 N–H and O–H groups in total. The zero-order valence-corrected chi connectivity index (χ0v) is 11.8. The number of halogens is 1. The van der Waals surface area contributed by atoms with Gasteiger partial charge in [0.1, 0.15) is 5.82 Å². The summed E-state index contributed by atoms with van der Waals surface area (Å²) in [5.41, 5.74) is 1.48. The second kappa shape index (κ2) is 7.24. The predicted octanol–water partition coefficient (Wildman–Crippen LogP) is 3.64. The Morgan fingerprint density at radius 1 is 1.14 bits per heavy atom. The molecule has 2 aromatic rings. The summed E-state index contributed by atoms with van der Waals surface area (Å²) in [5.74, 6) is -0.319. The van der Waals surface area contributed by atoms with E-state index in [1.54, 1.807) is 30.1 Å². The van der Waals surface area contributed by atoms with Crippen LogP contribution >= 0.6 is 0 Å². The molecule has 0 bridgehead atoms. The lowest BCUT2D eigenvalue weighted by atomic mass is 10.2. The summed E-state index contributed by atoms with van der Waals surface area (Å²) in [6.07, 6.45) is 2.98. The van der Waals surface area contributed by atoms with E-state index in [0.717, 1.165) is 5.56 Å². The number of carbonyl (C=O) groups is 1. The van der Waals surface area contributed by atoms with E-state index in [4.69, 9.17) is 0 Å². The molecule has 0 unspecified atom stereocenters. The molecule has 0 spiro atoms. The van der Waals surface area contributed by atoms with Gasteiger partial charge in [-0.1, -0.05) is 48.5 Å². The Kier molecular flexibility index (Phi) is 5.10. The van der Waals surface area contributed by atoms with Crippen LogP contribution in [0.25, 0.3) is 6.08 Å². The smallest absolute Gasteiger partial charge is 0.321 e. The average Bonchev–Trinajstić information content (AvgIpc) is 2.50. The van der Waals surface area contributed by atoms with Crippen LogP contribution in [0.2, 0.25) is 0 Å². The molecule has 0 aliphatic rings. The molecular formula is C17H17FN2O. The van der Waals surface area contributed by atoms with E-state index in [2.05, 4.69) is 5.32 Å². The van der Waals surface area contributed by atoms with Gasteiger partial charge in [0.05, 0.1) is 0 Å². The fourth-order valence-electron chi connectivity index (χ4n) is 1.85. The highest BCUT2D eigenvalue weighted by Crippen LogP contribution is 2.07. The van der Waals surface area contributed by atoms with Crippen molar-refractivity contribution < 1.29 is 9.18 Å². The van der Waals surface area contributed by atoms with Gasteiger partial charge in [-0.05, 0) is 17.7 Å². The number of carbonyl (C=O) groups excluding carboxylic acids is 1. The van der Waals surface area contributed by atoms with Gasteiger partial charge in [-0.15, -0.1) is 0 Å². The minimum absolute atomic E-state index is 0.244. The van der Waals surface area contributed by atoms with Crippen LogP contribution in [0.5, 0.6) is 0 Å². The third-order valence-corrected chi connectivity index (χ3v) is 2.98. The van der Waals surface area contributed by atoms with Crippen LogP contribution in [0.3, 0.4) is 0 Å². The Morgan fingerprint density at radius 2 is 1.81 bits per heavy atom. The molecular weight excluding hydrogens is 267 g/mol. The quantitative estimate of drug-likeness (QED) is 0.913. The van der Waals surface area contributed by atoms with E-state index in [-0.39, 0.29) is 11.8 Å². The summed E-state index contributed by atoms with van der Waals surface area (Å²) in [7, 11) is 1.71. The minimum atomic E-state index is -0.319. The number of rotatable bonds is 4. The molecule has 2 rings (SSSR count). The summed E-state index contributed by atoms with van der Waals surface area (Å²) < 4.78 is 13.4. The molecule has 108 valence electrons. The molecule has 0 atom stereocenters. The molecule has 2 amide bonds. The monoisotopic (exact) mass is 284 g/mol. The van der Waals surface area contributed by atoms with E-state index in [0.29, 0.717) is 12.1 Å². The first-order valence-electron chi connectivity index (χ1n) is 6.63. The topological polar surface area (TPSA) is 32.3 Å². The van der Waals surface area contributed by atoms with Gasteiger partial charge in [0.2, 0.25) is 0 Å². The summed E-state index contributed by atoms with van der Waals surface area (Å²) in [4.78, 5) is 13.4. The SMILES string of the molecule is CN(Cc1ccccc1)C(=O)N/C=C/c1ccccc1F. The van der Waals surface area contributed by atoms with Gasteiger partial charge in [-0.3, -0.25) is 0 Å². The van der Waals surface area contributed by atoms with Crippen LogP contribution in [-0.2, 0) is 6.54 Å². The number of hydrogen-bond acceptors (Lipinski definition) is 1. The van der Waals surface area contributed by atoms with Crippen LogP contribution in [0.4, 0.5) is 9.18 Å². The maximum atomic E-state index is 13.4. The van der Waals surface area contributed by atoms with Crippen molar-refractivity contribution in [2.45, 2.75) is 6.54 Å². The molecule has 0 aromatic heterocycles. The van der Waals surface area contributed by atoms with Crippen LogP contribution in [0, 0.1) is 5.82 Å². The first kappa shape index (κ1) is 14.8. The Morgan fingerprint density at radius 3 is 2.52 bits per heavy atom. The predicted molar refractivity (Wildman–Crippen MR) is 81.9 cm³/mol. The fourth-order valence-corrected chi connectivity index (χ4v) is 1.85. The molecule has 3 nitrogen and oxygen atoms in total. The largest absolute Gasteiger partial charge is 0.323 e. The summed E-state index contributed by atoms with van der Waals surface area (Å²) >= 11 is 0. The number of hydrogen-bond donors (Lipinski definition) is 1. The standard InChI is InChI=1S/C17H17FN2O/c1-20(13-14-7-3-2-4-8-14)17(21)19-12-11-15-9-5-6-10-16(15)18/h2-12H,13H2,1H3,(H,19,21)/b12-11+. The van der Waals surface area contributed by atoms with Crippen molar-refractivity contribution in [3.8, 4) is 0 Å². The van der Waals surface area contributed by atoms with Crippen molar-refractivity contribution in [1.82, 2.24) is 10.2 Å². The highest BCUT2D eigenvalue weighted by molar-refractivity contribution is 5.75. The molecule has 0 radical (unpaired) electrons. The van der Waals surface area contributed by atoms with Gasteiger partial charge in [0.25, 0.3) is 0 Å². The lowest BCUT2D eigenvalue weighted by molar-refractivity contribution is 0.211. The summed E-state index contributed by atoms with van der Waals surface area (Å²) in [5, 5.41) is 2.62. The summed E-state index contributed by atoms with van der Waals surface area (Å²) in [6.45, 7) is 0.514. The van der Waals surface area contributed by atoms with E-state index < -0.39 is 0 Å². The number of nitrogens with zero attached hydrogens (tertiary/aromatic N) is 1. The molecule has 4 heteroatoms. The van der Waals surface area contributed by atoms with E-state index in [9.17, 15) is 9.18 Å². The fraction of sp³-hybridized carbons (Fsp3) is 0.118. The number of benzene rings is 2. The van der Waals surface area contributed by atoms with E-state index in [1.807, 2.05) is 30.3 Å². The lowest BCUT2D eigenvalue weighted by Crippen LogP contribution is -2.33. The van der Waals surface area contributed by atoms with Gasteiger partial charge in [0.15, 0.2) is 0 Å². The van der Waals surface area contributed by atoms with Crippen molar-refractivity contribution in [3.63, 3.8) is 0 Å². The third kappa shape index (κ3) is 4.45. The van der Waals surface area contributed by atoms with Crippen LogP contribution < -0.4 is 5.32 Å². The van der Waals surface area contributed by atoms with Crippen molar-refractivity contribution >= 4 is 12.1 Å². The van der Waals surface area contributed by atoms with Crippen molar-refractivity contribution in [3.05, 3.63) is 77.7 Å². The van der Waals surface area contributed by atoms with Gasteiger partial charge in [0, 0.05) is 25.4 Å². The average molecular weight is 284 g/mol. The molecule has 21 heavy (non-hydrogen) atoms. The maximum absolute atomic E-state index is 13.4. The Hall–Kier alpha value is -2.62. The van der Waals surface area contributed by atoms with Gasteiger partial charge in [-0.2, -0.15) is 0 Å².